The van der Waals surface area contributed by atoms with Gasteiger partial charge in [-0.25, -0.2) is 0 Å². The van der Waals surface area contributed by atoms with Crippen LogP contribution < -0.4 is 9.47 Å². The molecular formula is C17H19BrO2. The van der Waals surface area contributed by atoms with Crippen LogP contribution in [0.1, 0.15) is 16.7 Å². The van der Waals surface area contributed by atoms with Crippen LogP contribution in [0.2, 0.25) is 0 Å². The molecule has 0 N–H and O–H groups in total. The average Bonchev–Trinajstić information content (AvgIpc) is 2.49. The fourth-order valence-corrected chi connectivity index (χ4v) is 2.53. The lowest BCUT2D eigenvalue weighted by Gasteiger charge is -2.13. The highest BCUT2D eigenvalue weighted by Gasteiger charge is 2.05. The zero-order valence-electron chi connectivity index (χ0n) is 11.9. The maximum Gasteiger partial charge on any atom is 0.126 e. The summed E-state index contributed by atoms with van der Waals surface area (Å²) < 4.78 is 11.1. The van der Waals surface area contributed by atoms with Gasteiger partial charge in [0.2, 0.25) is 0 Å². The molecule has 0 saturated carbocycles. The number of alkyl halides is 1. The Hall–Kier alpha value is -1.48. The quantitative estimate of drug-likeness (QED) is 0.723. The van der Waals surface area contributed by atoms with Gasteiger partial charge in [-0.05, 0) is 30.2 Å². The first-order chi connectivity index (χ1) is 9.74. The van der Waals surface area contributed by atoms with Crippen LogP contribution in [-0.4, -0.2) is 13.7 Å². The fraction of sp³-hybridized carbons (Fsp3) is 0.294. The molecule has 3 heteroatoms. The minimum absolute atomic E-state index is 0.678. The van der Waals surface area contributed by atoms with E-state index >= 15 is 0 Å². The van der Waals surface area contributed by atoms with Gasteiger partial charge in [-0.2, -0.15) is 0 Å². The van der Waals surface area contributed by atoms with Gasteiger partial charge in [0.25, 0.3) is 0 Å². The zero-order valence-corrected chi connectivity index (χ0v) is 13.4. The van der Waals surface area contributed by atoms with Gasteiger partial charge in [-0.1, -0.05) is 46.3 Å². The molecule has 0 aliphatic heterocycles. The molecule has 0 heterocycles. The van der Waals surface area contributed by atoms with E-state index in [9.17, 15) is 0 Å². The lowest BCUT2D eigenvalue weighted by Crippen LogP contribution is -2.04. The number of aryl methyl sites for hydroxylation is 1. The van der Waals surface area contributed by atoms with Crippen LogP contribution in [0, 0.1) is 6.92 Å². The molecule has 0 aromatic heterocycles. The molecule has 0 spiro atoms. The second-order valence-electron chi connectivity index (χ2n) is 4.64. The molecule has 0 fully saturated rings. The number of para-hydroxylation sites is 1. The monoisotopic (exact) mass is 334 g/mol. The summed E-state index contributed by atoms with van der Waals surface area (Å²) in [6, 6.07) is 14.3. The van der Waals surface area contributed by atoms with Crippen LogP contribution in [0.25, 0.3) is 0 Å². The van der Waals surface area contributed by atoms with E-state index in [1.807, 2.05) is 12.1 Å². The molecule has 0 saturated heterocycles. The third-order valence-electron chi connectivity index (χ3n) is 3.23. The molecule has 0 radical (unpaired) electrons. The van der Waals surface area contributed by atoms with Crippen molar-refractivity contribution in [3.8, 4) is 11.5 Å². The number of rotatable bonds is 6. The van der Waals surface area contributed by atoms with Gasteiger partial charge in [0.1, 0.15) is 11.5 Å². The molecule has 0 aliphatic carbocycles. The third kappa shape index (κ3) is 3.76. The van der Waals surface area contributed by atoms with E-state index in [1.165, 1.54) is 16.7 Å². The molecule has 20 heavy (non-hydrogen) atoms. The summed E-state index contributed by atoms with van der Waals surface area (Å²) >= 11 is 3.50. The summed E-state index contributed by atoms with van der Waals surface area (Å²) in [6.07, 6.45) is 0.889. The van der Waals surface area contributed by atoms with Crippen molar-refractivity contribution in [2.75, 3.05) is 13.7 Å². The van der Waals surface area contributed by atoms with Crippen molar-refractivity contribution in [3.63, 3.8) is 0 Å². The minimum Gasteiger partial charge on any atom is -0.497 e. The number of hydrogen-bond acceptors (Lipinski definition) is 2. The highest BCUT2D eigenvalue weighted by molar-refractivity contribution is 9.08. The van der Waals surface area contributed by atoms with Crippen LogP contribution in [0.5, 0.6) is 11.5 Å². The Kier molecular flexibility index (Phi) is 5.48. The second-order valence-corrected chi connectivity index (χ2v) is 5.20. The number of benzene rings is 2. The average molecular weight is 335 g/mol. The van der Waals surface area contributed by atoms with E-state index < -0.39 is 0 Å². The Bertz CT molecular complexity index is 549. The number of methoxy groups -OCH3 is 1. The van der Waals surface area contributed by atoms with E-state index in [1.54, 1.807) is 7.11 Å². The number of hydrogen-bond donors (Lipinski definition) is 0. The van der Waals surface area contributed by atoms with E-state index in [4.69, 9.17) is 9.47 Å². The van der Waals surface area contributed by atoms with Crippen molar-refractivity contribution in [2.45, 2.75) is 18.7 Å². The van der Waals surface area contributed by atoms with Crippen molar-refractivity contribution in [2.24, 2.45) is 0 Å². The van der Waals surface area contributed by atoms with E-state index in [0.717, 1.165) is 23.2 Å². The van der Waals surface area contributed by atoms with Gasteiger partial charge in [0, 0.05) is 17.3 Å². The van der Waals surface area contributed by atoms with E-state index in [0.29, 0.717) is 6.61 Å². The molecule has 0 aliphatic rings. The Labute approximate surface area is 128 Å². The normalized spacial score (nSPS) is 10.3. The number of halogens is 1. The Morgan fingerprint density at radius 1 is 1.05 bits per heavy atom. The van der Waals surface area contributed by atoms with Crippen LogP contribution in [0.15, 0.2) is 42.5 Å². The van der Waals surface area contributed by atoms with Gasteiger partial charge in [-0.3, -0.25) is 0 Å². The first-order valence-electron chi connectivity index (χ1n) is 6.64. The predicted octanol–water partition coefficient (Wildman–Crippen LogP) is 4.52. The van der Waals surface area contributed by atoms with Crippen LogP contribution in [0.4, 0.5) is 0 Å². The molecule has 2 aromatic rings. The Morgan fingerprint density at radius 2 is 1.80 bits per heavy atom. The molecule has 0 amide bonds. The van der Waals surface area contributed by atoms with Crippen molar-refractivity contribution in [3.05, 3.63) is 59.2 Å². The largest absolute Gasteiger partial charge is 0.497 e. The molecule has 2 rings (SSSR count). The maximum atomic E-state index is 5.96. The zero-order chi connectivity index (χ0) is 14.4. The highest BCUT2D eigenvalue weighted by atomic mass is 79.9. The van der Waals surface area contributed by atoms with Gasteiger partial charge in [0.15, 0.2) is 0 Å². The predicted molar refractivity (Wildman–Crippen MR) is 86.0 cm³/mol. The Balaban J connectivity index is 1.95. The molecule has 2 aromatic carbocycles. The van der Waals surface area contributed by atoms with Gasteiger partial charge >= 0.3 is 0 Å². The summed E-state index contributed by atoms with van der Waals surface area (Å²) in [5.74, 6) is 1.88. The van der Waals surface area contributed by atoms with Gasteiger partial charge < -0.3 is 9.47 Å². The maximum absolute atomic E-state index is 5.96. The van der Waals surface area contributed by atoms with Crippen LogP contribution in [0.3, 0.4) is 0 Å². The van der Waals surface area contributed by atoms with Gasteiger partial charge in [-0.15, -0.1) is 0 Å². The molecule has 106 valence electrons. The van der Waals surface area contributed by atoms with E-state index in [2.05, 4.69) is 53.2 Å². The fourth-order valence-electron chi connectivity index (χ4n) is 2.09. The Morgan fingerprint density at radius 3 is 2.45 bits per heavy atom. The van der Waals surface area contributed by atoms with Gasteiger partial charge in [0.05, 0.1) is 13.7 Å². The van der Waals surface area contributed by atoms with Crippen molar-refractivity contribution in [1.29, 1.82) is 0 Å². The summed E-state index contributed by atoms with van der Waals surface area (Å²) in [5, 5.41) is 0.812. The van der Waals surface area contributed by atoms with Crippen molar-refractivity contribution in [1.82, 2.24) is 0 Å². The molecular weight excluding hydrogens is 316 g/mol. The first kappa shape index (κ1) is 14.9. The van der Waals surface area contributed by atoms with E-state index in [-0.39, 0.29) is 0 Å². The summed E-state index contributed by atoms with van der Waals surface area (Å²) in [5.41, 5.74) is 3.62. The molecule has 2 nitrogen and oxygen atoms in total. The highest BCUT2D eigenvalue weighted by Crippen LogP contribution is 2.25. The molecule has 0 unspecified atom stereocenters. The first-order valence-corrected chi connectivity index (χ1v) is 7.77. The van der Waals surface area contributed by atoms with Crippen LogP contribution >= 0.6 is 15.9 Å². The molecule has 0 bridgehead atoms. The summed E-state index contributed by atoms with van der Waals surface area (Å²) in [4.78, 5) is 0. The SMILES string of the molecule is COc1ccc(CCOc2c(C)cccc2CBr)cc1. The van der Waals surface area contributed by atoms with Crippen molar-refractivity contribution >= 4 is 15.9 Å². The van der Waals surface area contributed by atoms with Crippen molar-refractivity contribution < 1.29 is 9.47 Å². The lowest BCUT2D eigenvalue weighted by atomic mass is 10.1. The second kappa shape index (κ2) is 7.34. The summed E-state index contributed by atoms with van der Waals surface area (Å²) in [6.45, 7) is 2.76. The smallest absolute Gasteiger partial charge is 0.126 e. The third-order valence-corrected chi connectivity index (χ3v) is 3.84. The lowest BCUT2D eigenvalue weighted by molar-refractivity contribution is 0.317. The molecule has 0 atom stereocenters. The summed E-state index contributed by atoms with van der Waals surface area (Å²) in [7, 11) is 1.68. The topological polar surface area (TPSA) is 18.5 Å². The standard InChI is InChI=1S/C17H19BrO2/c1-13-4-3-5-15(12-18)17(13)20-11-10-14-6-8-16(19-2)9-7-14/h3-9H,10-12H2,1-2H3. The van der Waals surface area contributed by atoms with Crippen LogP contribution in [-0.2, 0) is 11.8 Å². The number of ether oxygens (including phenoxy) is 2. The minimum atomic E-state index is 0.678.